The maximum absolute atomic E-state index is 12.1. The van der Waals surface area contributed by atoms with Crippen molar-refractivity contribution >= 4 is 5.91 Å². The minimum Gasteiger partial charge on any atom is -0.493 e. The standard InChI is InChI=1S/C21H33N3O2/c1-2-3-4-5-9-22-21(25)17-24-12-10-23(11-13-24)16-18-6-7-20-19(15-18)8-14-26-20/h6-7,15H,2-5,8-14,16-17H2,1H3,(H,22,25)/p+2. The van der Waals surface area contributed by atoms with Gasteiger partial charge in [0.1, 0.15) is 38.5 Å². The Kier molecular flexibility index (Phi) is 7.32. The monoisotopic (exact) mass is 361 g/mol. The van der Waals surface area contributed by atoms with E-state index in [4.69, 9.17) is 4.74 Å². The van der Waals surface area contributed by atoms with Crippen LogP contribution in [0, 0.1) is 0 Å². The number of ether oxygens (including phenoxy) is 1. The molecule has 144 valence electrons. The van der Waals surface area contributed by atoms with Crippen molar-refractivity contribution in [2.24, 2.45) is 0 Å². The van der Waals surface area contributed by atoms with Gasteiger partial charge in [-0.2, -0.15) is 0 Å². The van der Waals surface area contributed by atoms with Gasteiger partial charge in [0.25, 0.3) is 5.91 Å². The molecule has 0 radical (unpaired) electrons. The molecule has 0 spiro atoms. The lowest BCUT2D eigenvalue weighted by Gasteiger charge is -2.29. The Bertz CT molecular complexity index is 583. The Balaban J connectivity index is 1.33. The number of unbranched alkanes of at least 4 members (excludes halogenated alkanes) is 3. The predicted molar refractivity (Wildman–Crippen MR) is 103 cm³/mol. The van der Waals surface area contributed by atoms with Gasteiger partial charge in [0.2, 0.25) is 0 Å². The van der Waals surface area contributed by atoms with E-state index in [1.165, 1.54) is 35.3 Å². The molecule has 0 atom stereocenters. The summed E-state index contributed by atoms with van der Waals surface area (Å²) in [5.41, 5.74) is 2.78. The van der Waals surface area contributed by atoms with Gasteiger partial charge in [0, 0.05) is 18.5 Å². The van der Waals surface area contributed by atoms with Gasteiger partial charge in [-0.05, 0) is 30.2 Å². The van der Waals surface area contributed by atoms with Crippen LogP contribution in [0.15, 0.2) is 18.2 Å². The number of piperazine rings is 1. The summed E-state index contributed by atoms with van der Waals surface area (Å²) in [6.07, 6.45) is 5.89. The van der Waals surface area contributed by atoms with Gasteiger partial charge in [0.05, 0.1) is 6.61 Å². The summed E-state index contributed by atoms with van der Waals surface area (Å²) in [5.74, 6) is 1.29. The summed E-state index contributed by atoms with van der Waals surface area (Å²) >= 11 is 0. The topological polar surface area (TPSA) is 47.2 Å². The predicted octanol–water partition coefficient (Wildman–Crippen LogP) is -0.399. The number of hydrogen-bond acceptors (Lipinski definition) is 2. The fourth-order valence-electron chi connectivity index (χ4n) is 4.02. The number of hydrogen-bond donors (Lipinski definition) is 3. The summed E-state index contributed by atoms with van der Waals surface area (Å²) in [6.45, 7) is 10.1. The Morgan fingerprint density at radius 3 is 2.73 bits per heavy atom. The van der Waals surface area contributed by atoms with Crippen LogP contribution in [0.3, 0.4) is 0 Å². The highest BCUT2D eigenvalue weighted by atomic mass is 16.5. The molecule has 1 fully saturated rings. The van der Waals surface area contributed by atoms with Crippen LogP contribution >= 0.6 is 0 Å². The van der Waals surface area contributed by atoms with Gasteiger partial charge >= 0.3 is 0 Å². The zero-order chi connectivity index (χ0) is 18.2. The van der Waals surface area contributed by atoms with E-state index in [1.54, 1.807) is 4.90 Å². The lowest BCUT2D eigenvalue weighted by atomic mass is 10.1. The van der Waals surface area contributed by atoms with Crippen LogP contribution in [-0.4, -0.2) is 51.8 Å². The number of carbonyl (C=O) groups is 1. The molecule has 3 N–H and O–H groups in total. The minimum absolute atomic E-state index is 0.221. The highest BCUT2D eigenvalue weighted by Crippen LogP contribution is 2.25. The van der Waals surface area contributed by atoms with E-state index in [-0.39, 0.29) is 5.91 Å². The second-order valence-electron chi connectivity index (χ2n) is 7.80. The van der Waals surface area contributed by atoms with Crippen molar-refractivity contribution < 1.29 is 19.3 Å². The maximum atomic E-state index is 12.1. The molecule has 3 rings (SSSR count). The van der Waals surface area contributed by atoms with Gasteiger partial charge in [-0.1, -0.05) is 26.2 Å². The first-order valence-corrected chi connectivity index (χ1v) is 10.4. The highest BCUT2D eigenvalue weighted by Gasteiger charge is 2.25. The molecule has 2 aliphatic heterocycles. The van der Waals surface area contributed by atoms with Crippen LogP contribution in [0.4, 0.5) is 0 Å². The summed E-state index contributed by atoms with van der Waals surface area (Å²) in [4.78, 5) is 15.1. The van der Waals surface area contributed by atoms with Crippen molar-refractivity contribution in [3.8, 4) is 5.75 Å². The first-order chi connectivity index (χ1) is 12.7. The van der Waals surface area contributed by atoms with Crippen molar-refractivity contribution in [1.29, 1.82) is 0 Å². The lowest BCUT2D eigenvalue weighted by Crippen LogP contribution is -3.28. The smallest absolute Gasteiger partial charge is 0.275 e. The summed E-state index contributed by atoms with van der Waals surface area (Å²) in [5, 5.41) is 3.09. The first kappa shape index (κ1) is 19.2. The molecule has 26 heavy (non-hydrogen) atoms. The minimum atomic E-state index is 0.221. The molecule has 5 nitrogen and oxygen atoms in total. The number of fused-ring (bicyclic) bond motifs is 1. The average molecular weight is 362 g/mol. The Morgan fingerprint density at radius 1 is 1.12 bits per heavy atom. The van der Waals surface area contributed by atoms with Crippen LogP contribution < -0.4 is 19.9 Å². The average Bonchev–Trinajstić information content (AvgIpc) is 3.11. The third-order valence-electron chi connectivity index (χ3n) is 5.64. The number of rotatable bonds is 9. The van der Waals surface area contributed by atoms with Crippen LogP contribution in [0.2, 0.25) is 0 Å². The number of carbonyl (C=O) groups excluding carboxylic acids is 1. The SMILES string of the molecule is CCCCCCNC(=O)C[NH+]1CC[NH+](Cc2ccc3c(c2)CCO3)CC1. The maximum Gasteiger partial charge on any atom is 0.275 e. The van der Waals surface area contributed by atoms with E-state index >= 15 is 0 Å². The largest absolute Gasteiger partial charge is 0.493 e. The fraction of sp³-hybridized carbons (Fsp3) is 0.667. The molecule has 0 aliphatic carbocycles. The Morgan fingerprint density at radius 2 is 1.92 bits per heavy atom. The molecule has 0 aromatic heterocycles. The molecule has 1 saturated heterocycles. The highest BCUT2D eigenvalue weighted by molar-refractivity contribution is 5.76. The third-order valence-corrected chi connectivity index (χ3v) is 5.64. The molecule has 1 amide bonds. The van der Waals surface area contributed by atoms with Crippen LogP contribution in [0.1, 0.15) is 43.7 Å². The van der Waals surface area contributed by atoms with E-state index in [1.807, 2.05) is 0 Å². The van der Waals surface area contributed by atoms with Crippen molar-refractivity contribution in [2.75, 3.05) is 45.9 Å². The van der Waals surface area contributed by atoms with Gasteiger partial charge in [-0.3, -0.25) is 4.79 Å². The zero-order valence-electron chi connectivity index (χ0n) is 16.2. The number of nitrogens with one attached hydrogen (secondary N) is 3. The Labute approximate surface area is 157 Å². The lowest BCUT2D eigenvalue weighted by molar-refractivity contribution is -1.02. The molecular weight excluding hydrogens is 326 g/mol. The van der Waals surface area contributed by atoms with E-state index in [2.05, 4.69) is 30.4 Å². The van der Waals surface area contributed by atoms with E-state index in [9.17, 15) is 4.79 Å². The summed E-state index contributed by atoms with van der Waals surface area (Å²) in [6, 6.07) is 6.66. The van der Waals surface area contributed by atoms with Gasteiger partial charge in [-0.25, -0.2) is 0 Å². The molecule has 1 aromatic rings. The van der Waals surface area contributed by atoms with E-state index in [0.29, 0.717) is 6.54 Å². The number of amides is 1. The molecule has 2 aliphatic rings. The summed E-state index contributed by atoms with van der Waals surface area (Å²) in [7, 11) is 0. The molecule has 0 bridgehead atoms. The van der Waals surface area contributed by atoms with Crippen molar-refractivity contribution in [2.45, 2.75) is 45.6 Å². The van der Waals surface area contributed by atoms with Crippen LogP contribution in [0.5, 0.6) is 5.75 Å². The van der Waals surface area contributed by atoms with Crippen LogP contribution in [0.25, 0.3) is 0 Å². The van der Waals surface area contributed by atoms with Crippen molar-refractivity contribution in [3.05, 3.63) is 29.3 Å². The molecule has 0 unspecified atom stereocenters. The van der Waals surface area contributed by atoms with Gasteiger partial charge in [0.15, 0.2) is 6.54 Å². The van der Waals surface area contributed by atoms with Crippen molar-refractivity contribution in [1.82, 2.24) is 5.32 Å². The van der Waals surface area contributed by atoms with E-state index < -0.39 is 0 Å². The fourth-order valence-corrected chi connectivity index (χ4v) is 4.02. The second kappa shape index (κ2) is 9.93. The van der Waals surface area contributed by atoms with E-state index in [0.717, 1.165) is 64.5 Å². The van der Waals surface area contributed by atoms with Crippen LogP contribution in [-0.2, 0) is 17.8 Å². The molecule has 1 aromatic carbocycles. The molecule has 0 saturated carbocycles. The number of quaternary nitrogens is 2. The van der Waals surface area contributed by atoms with Gasteiger partial charge < -0.3 is 19.9 Å². The zero-order valence-corrected chi connectivity index (χ0v) is 16.2. The molecular formula is C21H35N3O2+2. The van der Waals surface area contributed by atoms with Crippen molar-refractivity contribution in [3.63, 3.8) is 0 Å². The summed E-state index contributed by atoms with van der Waals surface area (Å²) < 4.78 is 5.59. The number of benzene rings is 1. The second-order valence-corrected chi connectivity index (χ2v) is 7.80. The third kappa shape index (κ3) is 5.71. The first-order valence-electron chi connectivity index (χ1n) is 10.4. The normalized spacial score (nSPS) is 21.9. The quantitative estimate of drug-likeness (QED) is 0.524. The van der Waals surface area contributed by atoms with Gasteiger partial charge in [-0.15, -0.1) is 0 Å². The molecule has 2 heterocycles. The molecule has 5 heteroatoms. The Hall–Kier alpha value is -1.59.